The highest BCUT2D eigenvalue weighted by Crippen LogP contribution is 2.29. The first-order valence-electron chi connectivity index (χ1n) is 6.46. The van der Waals surface area contributed by atoms with Gasteiger partial charge >= 0.3 is 0 Å². The number of amides is 1. The maximum atomic E-state index is 12.0. The average Bonchev–Trinajstić information content (AvgIpc) is 3.25. The summed E-state index contributed by atoms with van der Waals surface area (Å²) in [5, 5.41) is 17.0. The third-order valence-corrected chi connectivity index (χ3v) is 6.10. The summed E-state index contributed by atoms with van der Waals surface area (Å²) in [4.78, 5) is 14.4. The van der Waals surface area contributed by atoms with Crippen molar-refractivity contribution in [3.8, 4) is 0 Å². The van der Waals surface area contributed by atoms with Gasteiger partial charge in [-0.15, -0.1) is 22.7 Å². The van der Waals surface area contributed by atoms with Gasteiger partial charge in [0.2, 0.25) is 0 Å². The Labute approximate surface area is 144 Å². The summed E-state index contributed by atoms with van der Waals surface area (Å²) in [6, 6.07) is 9.16. The van der Waals surface area contributed by atoms with Crippen LogP contribution < -0.4 is 5.32 Å². The summed E-state index contributed by atoms with van der Waals surface area (Å²) >= 11 is 10.1. The van der Waals surface area contributed by atoms with Crippen LogP contribution in [0, 0.1) is 0 Å². The second kappa shape index (κ2) is 6.93. The SMILES string of the molecule is O=C(NCc1ccc([C@H](O)c2ccsc2)s1)c1ccc(Cl)s1. The third-order valence-electron chi connectivity index (χ3n) is 3.03. The molecule has 0 unspecified atom stereocenters. The minimum absolute atomic E-state index is 0.134. The van der Waals surface area contributed by atoms with Gasteiger partial charge in [0, 0.05) is 9.75 Å². The Bertz CT molecular complexity index is 763. The van der Waals surface area contributed by atoms with Crippen LogP contribution in [0.2, 0.25) is 4.34 Å². The largest absolute Gasteiger partial charge is 0.383 e. The highest BCUT2D eigenvalue weighted by atomic mass is 35.5. The fourth-order valence-corrected chi connectivity index (χ4v) is 4.53. The highest BCUT2D eigenvalue weighted by Gasteiger charge is 2.14. The zero-order valence-electron chi connectivity index (χ0n) is 11.3. The summed E-state index contributed by atoms with van der Waals surface area (Å²) in [5.74, 6) is -0.134. The van der Waals surface area contributed by atoms with Gasteiger partial charge in [0.1, 0.15) is 6.10 Å². The molecule has 0 saturated heterocycles. The van der Waals surface area contributed by atoms with Gasteiger partial charge in [0.25, 0.3) is 5.91 Å². The molecule has 0 saturated carbocycles. The van der Waals surface area contributed by atoms with Crippen LogP contribution in [-0.4, -0.2) is 11.0 Å². The second-order valence-corrected chi connectivity index (χ2v) is 8.24. The molecule has 1 atom stereocenters. The number of carbonyl (C=O) groups excluding carboxylic acids is 1. The van der Waals surface area contributed by atoms with E-state index < -0.39 is 6.10 Å². The molecule has 0 aliphatic heterocycles. The van der Waals surface area contributed by atoms with Crippen molar-refractivity contribution >= 4 is 51.5 Å². The Kier molecular flexibility index (Phi) is 4.95. The predicted octanol–water partition coefficient (Wildman–Crippen LogP) is 4.54. The van der Waals surface area contributed by atoms with Gasteiger partial charge in [-0.25, -0.2) is 0 Å². The molecule has 0 fully saturated rings. The molecule has 7 heteroatoms. The molecular formula is C15H12ClNO2S3. The number of carbonyl (C=O) groups is 1. The molecule has 0 aliphatic carbocycles. The van der Waals surface area contributed by atoms with E-state index in [4.69, 9.17) is 11.6 Å². The topological polar surface area (TPSA) is 49.3 Å². The lowest BCUT2D eigenvalue weighted by Crippen LogP contribution is -2.21. The Morgan fingerprint density at radius 1 is 1.23 bits per heavy atom. The van der Waals surface area contributed by atoms with Crippen molar-refractivity contribution in [3.63, 3.8) is 0 Å². The van der Waals surface area contributed by atoms with Crippen LogP contribution in [0.15, 0.2) is 41.1 Å². The number of halogens is 1. The third kappa shape index (κ3) is 3.59. The van der Waals surface area contributed by atoms with Gasteiger partial charge < -0.3 is 10.4 Å². The van der Waals surface area contributed by atoms with E-state index in [0.29, 0.717) is 15.8 Å². The van der Waals surface area contributed by atoms with Crippen molar-refractivity contribution in [3.05, 3.63) is 65.6 Å². The van der Waals surface area contributed by atoms with Crippen LogP contribution in [-0.2, 0) is 6.54 Å². The zero-order valence-corrected chi connectivity index (χ0v) is 14.5. The zero-order chi connectivity index (χ0) is 15.5. The predicted molar refractivity (Wildman–Crippen MR) is 93.2 cm³/mol. The minimum Gasteiger partial charge on any atom is -0.383 e. The fraction of sp³-hybridized carbons (Fsp3) is 0.133. The Morgan fingerprint density at radius 2 is 2.09 bits per heavy atom. The molecule has 3 nitrogen and oxygen atoms in total. The first-order valence-corrected chi connectivity index (χ1v) is 9.41. The van der Waals surface area contributed by atoms with E-state index in [9.17, 15) is 9.90 Å². The monoisotopic (exact) mass is 369 g/mol. The lowest BCUT2D eigenvalue weighted by atomic mass is 10.2. The van der Waals surface area contributed by atoms with E-state index in [-0.39, 0.29) is 5.91 Å². The van der Waals surface area contributed by atoms with Crippen molar-refractivity contribution in [2.24, 2.45) is 0 Å². The number of nitrogens with one attached hydrogen (secondary N) is 1. The quantitative estimate of drug-likeness (QED) is 0.693. The molecule has 2 N–H and O–H groups in total. The van der Waals surface area contributed by atoms with Crippen molar-refractivity contribution in [2.75, 3.05) is 0 Å². The van der Waals surface area contributed by atoms with Gasteiger partial charge in [-0.1, -0.05) is 11.6 Å². The van der Waals surface area contributed by atoms with Crippen LogP contribution >= 0.6 is 45.6 Å². The summed E-state index contributed by atoms with van der Waals surface area (Å²) < 4.78 is 0.599. The lowest BCUT2D eigenvalue weighted by Gasteiger charge is -2.05. The maximum absolute atomic E-state index is 12.0. The Hall–Kier alpha value is -1.18. The molecular weight excluding hydrogens is 358 g/mol. The Balaban J connectivity index is 1.61. The van der Waals surface area contributed by atoms with Crippen LogP contribution in [0.5, 0.6) is 0 Å². The van der Waals surface area contributed by atoms with Crippen molar-refractivity contribution in [2.45, 2.75) is 12.6 Å². The van der Waals surface area contributed by atoms with Gasteiger partial charge in [0.15, 0.2) is 0 Å². The number of aliphatic hydroxyl groups is 1. The van der Waals surface area contributed by atoms with Crippen LogP contribution in [0.25, 0.3) is 0 Å². The second-order valence-electron chi connectivity index (χ2n) is 4.55. The van der Waals surface area contributed by atoms with E-state index in [1.165, 1.54) is 22.7 Å². The van der Waals surface area contributed by atoms with Crippen LogP contribution in [0.4, 0.5) is 0 Å². The molecule has 114 valence electrons. The number of hydrogen-bond acceptors (Lipinski definition) is 5. The summed E-state index contributed by atoms with van der Waals surface area (Å²) in [6.45, 7) is 0.440. The standard InChI is InChI=1S/C15H12ClNO2S3/c16-13-4-3-12(22-13)15(19)17-7-10-1-2-11(21-10)14(18)9-5-6-20-8-9/h1-6,8,14,18H,7H2,(H,17,19)/t14-/m1/s1. The van der Waals surface area contributed by atoms with Gasteiger partial charge in [-0.05, 0) is 46.7 Å². The molecule has 3 aromatic heterocycles. The smallest absolute Gasteiger partial charge is 0.261 e. The lowest BCUT2D eigenvalue weighted by molar-refractivity contribution is 0.0955. The molecule has 0 radical (unpaired) electrons. The molecule has 3 heterocycles. The van der Waals surface area contributed by atoms with Gasteiger partial charge in [-0.3, -0.25) is 4.79 Å². The maximum Gasteiger partial charge on any atom is 0.261 e. The van der Waals surface area contributed by atoms with Crippen molar-refractivity contribution in [1.82, 2.24) is 5.32 Å². The normalized spacial score (nSPS) is 12.3. The van der Waals surface area contributed by atoms with Gasteiger partial charge in [-0.2, -0.15) is 11.3 Å². The molecule has 0 bridgehead atoms. The molecule has 3 aromatic rings. The first kappa shape index (κ1) is 15.7. The van der Waals surface area contributed by atoms with E-state index in [1.54, 1.807) is 23.5 Å². The first-order chi connectivity index (χ1) is 10.6. The summed E-state index contributed by atoms with van der Waals surface area (Å²) in [7, 11) is 0. The molecule has 1 amide bonds. The Morgan fingerprint density at radius 3 is 2.77 bits per heavy atom. The highest BCUT2D eigenvalue weighted by molar-refractivity contribution is 7.18. The molecule has 3 rings (SSSR count). The van der Waals surface area contributed by atoms with E-state index in [0.717, 1.165) is 15.3 Å². The molecule has 22 heavy (non-hydrogen) atoms. The number of rotatable bonds is 5. The van der Waals surface area contributed by atoms with E-state index in [2.05, 4.69) is 5.32 Å². The minimum atomic E-state index is -0.600. The van der Waals surface area contributed by atoms with E-state index in [1.807, 2.05) is 29.0 Å². The molecule has 0 aromatic carbocycles. The number of hydrogen-bond donors (Lipinski definition) is 2. The summed E-state index contributed by atoms with van der Waals surface area (Å²) in [6.07, 6.45) is -0.600. The van der Waals surface area contributed by atoms with Crippen molar-refractivity contribution < 1.29 is 9.90 Å². The van der Waals surface area contributed by atoms with E-state index >= 15 is 0 Å². The van der Waals surface area contributed by atoms with Gasteiger partial charge in [0.05, 0.1) is 15.8 Å². The molecule has 0 aliphatic rings. The molecule has 0 spiro atoms. The average molecular weight is 370 g/mol. The summed E-state index contributed by atoms with van der Waals surface area (Å²) in [5.41, 5.74) is 0.899. The number of thiophene rings is 3. The number of aliphatic hydroxyl groups excluding tert-OH is 1. The fourth-order valence-electron chi connectivity index (χ4n) is 1.92. The van der Waals surface area contributed by atoms with Crippen molar-refractivity contribution in [1.29, 1.82) is 0 Å². The van der Waals surface area contributed by atoms with Crippen LogP contribution in [0.3, 0.4) is 0 Å². The van der Waals surface area contributed by atoms with Crippen LogP contribution in [0.1, 0.15) is 31.1 Å².